The molecular formula is C22H33IN6O. The minimum absolute atomic E-state index is 0. The van der Waals surface area contributed by atoms with Gasteiger partial charge in [0.1, 0.15) is 0 Å². The smallest absolute Gasteiger partial charge is 0.220 e. The Morgan fingerprint density at radius 3 is 2.60 bits per heavy atom. The van der Waals surface area contributed by atoms with Crippen LogP contribution in [0.2, 0.25) is 0 Å². The molecule has 0 atom stereocenters. The highest BCUT2D eigenvalue weighted by Crippen LogP contribution is 2.20. The second kappa shape index (κ2) is 12.6. The van der Waals surface area contributed by atoms with Crippen molar-refractivity contribution in [3.8, 4) is 0 Å². The van der Waals surface area contributed by atoms with Crippen molar-refractivity contribution >= 4 is 35.8 Å². The van der Waals surface area contributed by atoms with Crippen LogP contribution in [0.5, 0.6) is 0 Å². The summed E-state index contributed by atoms with van der Waals surface area (Å²) in [5, 5.41) is 10.6. The summed E-state index contributed by atoms with van der Waals surface area (Å²) < 4.78 is 1.96. The van der Waals surface area contributed by atoms with Crippen LogP contribution >= 0.6 is 24.0 Å². The highest BCUT2D eigenvalue weighted by Gasteiger charge is 2.23. The molecule has 1 aliphatic heterocycles. The lowest BCUT2D eigenvalue weighted by Gasteiger charge is -2.34. The van der Waals surface area contributed by atoms with Gasteiger partial charge < -0.3 is 15.5 Å². The van der Waals surface area contributed by atoms with Crippen LogP contribution in [-0.2, 0) is 17.9 Å². The van der Waals surface area contributed by atoms with Crippen molar-refractivity contribution in [3.05, 3.63) is 53.9 Å². The van der Waals surface area contributed by atoms with E-state index < -0.39 is 0 Å². The number of benzene rings is 1. The van der Waals surface area contributed by atoms with Gasteiger partial charge in [-0.05, 0) is 31.2 Å². The van der Waals surface area contributed by atoms with Gasteiger partial charge >= 0.3 is 0 Å². The SMILES string of the molecule is CCNC(=NCc1cnn(Cc2ccccc2)c1)N1CCC(CC(=O)NC)CC1.I. The maximum absolute atomic E-state index is 11.6. The molecule has 1 aliphatic rings. The van der Waals surface area contributed by atoms with Gasteiger partial charge in [0.2, 0.25) is 5.91 Å². The molecular weight excluding hydrogens is 491 g/mol. The van der Waals surface area contributed by atoms with E-state index in [9.17, 15) is 4.79 Å². The summed E-state index contributed by atoms with van der Waals surface area (Å²) in [6, 6.07) is 10.3. The fourth-order valence-electron chi connectivity index (χ4n) is 3.65. The van der Waals surface area contributed by atoms with E-state index in [1.165, 1.54) is 5.56 Å². The first-order valence-electron chi connectivity index (χ1n) is 10.5. The number of carbonyl (C=O) groups is 1. The zero-order valence-electron chi connectivity index (χ0n) is 17.9. The summed E-state index contributed by atoms with van der Waals surface area (Å²) in [4.78, 5) is 18.7. The van der Waals surface area contributed by atoms with Gasteiger partial charge in [0.05, 0.1) is 19.3 Å². The molecule has 30 heavy (non-hydrogen) atoms. The average Bonchev–Trinajstić information content (AvgIpc) is 3.19. The second-order valence-corrected chi connectivity index (χ2v) is 7.51. The Kier molecular flexibility index (Phi) is 10.1. The number of hydrogen-bond acceptors (Lipinski definition) is 3. The summed E-state index contributed by atoms with van der Waals surface area (Å²) in [6.07, 6.45) is 6.62. The van der Waals surface area contributed by atoms with Crippen LogP contribution in [0.25, 0.3) is 0 Å². The first-order valence-corrected chi connectivity index (χ1v) is 10.5. The van der Waals surface area contributed by atoms with Crippen molar-refractivity contribution in [1.29, 1.82) is 0 Å². The lowest BCUT2D eigenvalue weighted by Crippen LogP contribution is -2.46. The lowest BCUT2D eigenvalue weighted by atomic mass is 9.93. The molecule has 1 amide bonds. The van der Waals surface area contributed by atoms with E-state index >= 15 is 0 Å². The molecule has 0 bridgehead atoms. The fraction of sp³-hybridized carbons (Fsp3) is 0.500. The van der Waals surface area contributed by atoms with Crippen LogP contribution in [0.3, 0.4) is 0 Å². The molecule has 0 saturated carbocycles. The summed E-state index contributed by atoms with van der Waals surface area (Å²) in [6.45, 7) is 6.16. The average molecular weight is 524 g/mol. The molecule has 1 aromatic carbocycles. The number of hydrogen-bond donors (Lipinski definition) is 2. The van der Waals surface area contributed by atoms with Crippen molar-refractivity contribution in [2.45, 2.75) is 39.3 Å². The Balaban J connectivity index is 0.00000320. The third kappa shape index (κ3) is 7.30. The topological polar surface area (TPSA) is 74.5 Å². The zero-order chi connectivity index (χ0) is 20.5. The number of rotatable bonds is 7. The van der Waals surface area contributed by atoms with Gasteiger partial charge in [-0.1, -0.05) is 30.3 Å². The lowest BCUT2D eigenvalue weighted by molar-refractivity contribution is -0.121. The highest BCUT2D eigenvalue weighted by atomic mass is 127. The highest BCUT2D eigenvalue weighted by molar-refractivity contribution is 14.0. The van der Waals surface area contributed by atoms with Crippen LogP contribution in [0.4, 0.5) is 0 Å². The molecule has 0 aliphatic carbocycles. The van der Waals surface area contributed by atoms with E-state index in [1.807, 2.05) is 29.1 Å². The molecule has 2 N–H and O–H groups in total. The van der Waals surface area contributed by atoms with Crippen LogP contribution in [0, 0.1) is 5.92 Å². The first-order chi connectivity index (χ1) is 14.2. The number of guanidine groups is 1. The number of piperidine rings is 1. The molecule has 0 spiro atoms. The quantitative estimate of drug-likeness (QED) is 0.332. The number of aromatic nitrogens is 2. The molecule has 2 heterocycles. The summed E-state index contributed by atoms with van der Waals surface area (Å²) in [5.41, 5.74) is 2.34. The van der Waals surface area contributed by atoms with Crippen molar-refractivity contribution in [3.63, 3.8) is 0 Å². The number of amides is 1. The minimum atomic E-state index is 0. The molecule has 2 aromatic rings. The molecule has 0 radical (unpaired) electrons. The molecule has 7 nitrogen and oxygen atoms in total. The third-order valence-electron chi connectivity index (χ3n) is 5.29. The number of halogens is 1. The number of likely N-dealkylation sites (tertiary alicyclic amines) is 1. The van der Waals surface area contributed by atoms with Crippen molar-refractivity contribution < 1.29 is 4.79 Å². The maximum atomic E-state index is 11.6. The number of carbonyl (C=O) groups excluding carboxylic acids is 1. The fourth-order valence-corrected chi connectivity index (χ4v) is 3.65. The zero-order valence-corrected chi connectivity index (χ0v) is 20.2. The van der Waals surface area contributed by atoms with Gasteiger partial charge in [0.25, 0.3) is 0 Å². The van der Waals surface area contributed by atoms with Crippen LogP contribution in [0.15, 0.2) is 47.7 Å². The number of nitrogens with zero attached hydrogens (tertiary/aromatic N) is 4. The standard InChI is InChI=1S/C22H32N6O.HI/c1-3-24-22(27-11-9-18(10-12-27)13-21(29)23-2)25-14-20-15-26-28(17-20)16-19-7-5-4-6-8-19;/h4-8,15,17-18H,3,9-14,16H2,1-2H3,(H,23,29)(H,24,25);1H. The first kappa shape index (κ1) is 24.2. The Labute approximate surface area is 196 Å². The molecule has 0 unspecified atom stereocenters. The second-order valence-electron chi connectivity index (χ2n) is 7.51. The molecule has 164 valence electrons. The monoisotopic (exact) mass is 524 g/mol. The van der Waals surface area contributed by atoms with E-state index in [1.54, 1.807) is 7.05 Å². The maximum Gasteiger partial charge on any atom is 0.220 e. The normalized spacial score (nSPS) is 14.9. The van der Waals surface area contributed by atoms with E-state index in [0.29, 0.717) is 18.9 Å². The Bertz CT molecular complexity index is 799. The van der Waals surface area contributed by atoms with Gasteiger partial charge in [-0.15, -0.1) is 24.0 Å². The predicted octanol–water partition coefficient (Wildman–Crippen LogP) is 2.86. The molecule has 3 rings (SSSR count). The molecule has 1 aromatic heterocycles. The van der Waals surface area contributed by atoms with Gasteiger partial charge in [0, 0.05) is 44.9 Å². The van der Waals surface area contributed by atoms with Crippen molar-refractivity contribution in [2.75, 3.05) is 26.7 Å². The van der Waals surface area contributed by atoms with Crippen LogP contribution < -0.4 is 10.6 Å². The Hall–Kier alpha value is -2.10. The predicted molar refractivity (Wildman–Crippen MR) is 131 cm³/mol. The molecule has 1 fully saturated rings. The number of aliphatic imine (C=N–C) groups is 1. The van der Waals surface area contributed by atoms with Gasteiger partial charge in [-0.25, -0.2) is 4.99 Å². The Morgan fingerprint density at radius 1 is 1.20 bits per heavy atom. The third-order valence-corrected chi connectivity index (χ3v) is 5.29. The van der Waals surface area contributed by atoms with Gasteiger partial charge in [-0.3, -0.25) is 9.48 Å². The van der Waals surface area contributed by atoms with Crippen LogP contribution in [0.1, 0.15) is 37.3 Å². The molecule has 1 saturated heterocycles. The van der Waals surface area contributed by atoms with E-state index in [0.717, 1.165) is 50.5 Å². The van der Waals surface area contributed by atoms with Gasteiger partial charge in [-0.2, -0.15) is 5.10 Å². The summed E-state index contributed by atoms with van der Waals surface area (Å²) in [5.74, 6) is 1.54. The van der Waals surface area contributed by atoms with Crippen molar-refractivity contribution in [2.24, 2.45) is 10.9 Å². The number of nitrogens with one attached hydrogen (secondary N) is 2. The molecule has 8 heteroatoms. The minimum Gasteiger partial charge on any atom is -0.359 e. The largest absolute Gasteiger partial charge is 0.359 e. The van der Waals surface area contributed by atoms with Crippen LogP contribution in [-0.4, -0.2) is 53.2 Å². The van der Waals surface area contributed by atoms with E-state index in [-0.39, 0.29) is 29.9 Å². The van der Waals surface area contributed by atoms with Crippen molar-refractivity contribution in [1.82, 2.24) is 25.3 Å². The van der Waals surface area contributed by atoms with E-state index in [2.05, 4.69) is 45.9 Å². The van der Waals surface area contributed by atoms with E-state index in [4.69, 9.17) is 4.99 Å². The summed E-state index contributed by atoms with van der Waals surface area (Å²) >= 11 is 0. The van der Waals surface area contributed by atoms with Gasteiger partial charge in [0.15, 0.2) is 5.96 Å². The summed E-state index contributed by atoms with van der Waals surface area (Å²) in [7, 11) is 1.70. The Morgan fingerprint density at radius 2 is 1.93 bits per heavy atom.